The van der Waals surface area contributed by atoms with Crippen LogP contribution in [0.3, 0.4) is 0 Å². The van der Waals surface area contributed by atoms with Crippen LogP contribution < -0.4 is 0 Å². The zero-order valence-electron chi connectivity index (χ0n) is 31.4. The van der Waals surface area contributed by atoms with Gasteiger partial charge in [-0.3, -0.25) is 4.98 Å². The number of rotatable bonds is 6. The number of fused-ring (bicyclic) bond motifs is 6. The molecule has 2 aromatic heterocycles. The standard InChI is InChI=1S/C55H33N3/c1-3-19-45-40(12-1)32-51(49-23-7-5-21-47(45)49)38-14-9-16-42(30-38)54-34-53(37-27-25-36(26-28-37)44-18-11-29-56-35-44)57-55(58-54)43-17-10-15-39(31-43)52-33-41-13-2-4-20-46(41)48-22-6-8-24-50(48)52/h1-7,9-23,25-35H. The second-order valence-electron chi connectivity index (χ2n) is 14.7. The second kappa shape index (κ2) is 14.0. The van der Waals surface area contributed by atoms with Gasteiger partial charge in [0.05, 0.1) is 11.4 Å². The van der Waals surface area contributed by atoms with Crippen LogP contribution in [0.4, 0.5) is 0 Å². The van der Waals surface area contributed by atoms with Crippen LogP contribution in [0.2, 0.25) is 0 Å². The van der Waals surface area contributed by atoms with Crippen molar-refractivity contribution in [2.24, 2.45) is 0 Å². The van der Waals surface area contributed by atoms with Crippen molar-refractivity contribution >= 4 is 43.1 Å². The predicted octanol–water partition coefficient (Wildman–Crippen LogP) is 14.1. The van der Waals surface area contributed by atoms with Crippen LogP contribution in [0, 0.1) is 12.1 Å². The predicted molar refractivity (Wildman–Crippen MR) is 240 cm³/mol. The van der Waals surface area contributed by atoms with Gasteiger partial charge in [-0.1, -0.05) is 152 Å². The molecule has 9 aromatic carbocycles. The minimum Gasteiger partial charge on any atom is -0.264 e. The Morgan fingerprint density at radius 2 is 0.948 bits per heavy atom. The molecule has 268 valence electrons. The number of nitrogens with zero attached hydrogens (tertiary/aromatic N) is 3. The zero-order valence-corrected chi connectivity index (χ0v) is 31.4. The zero-order chi connectivity index (χ0) is 38.4. The third-order valence-electron chi connectivity index (χ3n) is 11.2. The monoisotopic (exact) mass is 735 g/mol. The maximum absolute atomic E-state index is 5.33. The van der Waals surface area contributed by atoms with Gasteiger partial charge in [0.15, 0.2) is 5.82 Å². The Bertz CT molecular complexity index is 3150. The normalized spacial score (nSPS) is 11.3. The summed E-state index contributed by atoms with van der Waals surface area (Å²) in [6, 6.07) is 73.2. The molecule has 58 heavy (non-hydrogen) atoms. The molecule has 3 nitrogen and oxygen atoms in total. The molecule has 0 fully saturated rings. The molecule has 0 N–H and O–H groups in total. The molecule has 0 aliphatic rings. The smallest absolute Gasteiger partial charge is 0.160 e. The number of benzene rings is 8. The Morgan fingerprint density at radius 3 is 1.71 bits per heavy atom. The van der Waals surface area contributed by atoms with Gasteiger partial charge in [0.25, 0.3) is 0 Å². The highest BCUT2D eigenvalue weighted by atomic mass is 14.9. The van der Waals surface area contributed by atoms with Crippen molar-refractivity contribution in [1.82, 2.24) is 15.0 Å². The summed E-state index contributed by atoms with van der Waals surface area (Å²) in [4.78, 5) is 14.9. The van der Waals surface area contributed by atoms with E-state index in [4.69, 9.17) is 9.97 Å². The van der Waals surface area contributed by atoms with Gasteiger partial charge in [-0.15, -0.1) is 0 Å². The quantitative estimate of drug-likeness (QED) is 0.160. The molecule has 11 aromatic rings. The highest BCUT2D eigenvalue weighted by Crippen LogP contribution is 2.39. The number of aromatic nitrogens is 3. The Hall–Kier alpha value is -7.93. The summed E-state index contributed by atoms with van der Waals surface area (Å²) in [5.41, 5.74) is 11.4. The molecule has 2 heterocycles. The van der Waals surface area contributed by atoms with Crippen molar-refractivity contribution < 1.29 is 0 Å². The topological polar surface area (TPSA) is 38.7 Å². The van der Waals surface area contributed by atoms with Crippen molar-refractivity contribution in [2.75, 3.05) is 0 Å². The molecule has 3 heteroatoms. The third kappa shape index (κ3) is 5.93. The van der Waals surface area contributed by atoms with Gasteiger partial charge in [0.2, 0.25) is 0 Å². The van der Waals surface area contributed by atoms with Crippen molar-refractivity contribution in [1.29, 1.82) is 0 Å². The Labute approximate surface area is 336 Å². The van der Waals surface area contributed by atoms with E-state index in [1.807, 2.05) is 18.3 Å². The van der Waals surface area contributed by atoms with Crippen LogP contribution >= 0.6 is 0 Å². The fraction of sp³-hybridized carbons (Fsp3) is 0. The van der Waals surface area contributed by atoms with Crippen LogP contribution in [-0.2, 0) is 0 Å². The van der Waals surface area contributed by atoms with E-state index >= 15 is 0 Å². The molecule has 0 amide bonds. The fourth-order valence-corrected chi connectivity index (χ4v) is 8.35. The van der Waals surface area contributed by atoms with Crippen molar-refractivity contribution in [3.63, 3.8) is 0 Å². The Balaban J connectivity index is 1.07. The lowest BCUT2D eigenvalue weighted by Crippen LogP contribution is -1.97. The molecule has 0 radical (unpaired) electrons. The average Bonchev–Trinajstić information content (AvgIpc) is 3.31. The largest absolute Gasteiger partial charge is 0.264 e. The Kier molecular flexibility index (Phi) is 8.05. The van der Waals surface area contributed by atoms with Gasteiger partial charge in [-0.2, -0.15) is 0 Å². The molecular weight excluding hydrogens is 703 g/mol. The van der Waals surface area contributed by atoms with Crippen LogP contribution in [0.1, 0.15) is 0 Å². The van der Waals surface area contributed by atoms with E-state index in [0.29, 0.717) is 5.82 Å². The minimum absolute atomic E-state index is 0.660. The fourth-order valence-electron chi connectivity index (χ4n) is 8.35. The lowest BCUT2D eigenvalue weighted by molar-refractivity contribution is 1.18. The molecule has 0 unspecified atom stereocenters. The lowest BCUT2D eigenvalue weighted by Gasteiger charge is -2.14. The first-order valence-electron chi connectivity index (χ1n) is 19.5. The SMILES string of the molecule is c1ccc2c(c#1)c(-c1cccc(-c3nc(-c4ccc(-c5cccnc5)cc4)cc(-c4cccc(-c5cc6ccccc6c6ccccc56)c4)n3)c1)cc1ccccc12. The van der Waals surface area contributed by atoms with Gasteiger partial charge < -0.3 is 0 Å². The lowest BCUT2D eigenvalue weighted by atomic mass is 9.92. The summed E-state index contributed by atoms with van der Waals surface area (Å²) < 4.78 is 0. The second-order valence-corrected chi connectivity index (χ2v) is 14.7. The summed E-state index contributed by atoms with van der Waals surface area (Å²) in [6.07, 6.45) is 3.69. The first kappa shape index (κ1) is 33.4. The highest BCUT2D eigenvalue weighted by molar-refractivity contribution is 6.14. The van der Waals surface area contributed by atoms with Crippen molar-refractivity contribution in [2.45, 2.75) is 0 Å². The number of hydrogen-bond acceptors (Lipinski definition) is 3. The van der Waals surface area contributed by atoms with Crippen LogP contribution in [-0.4, -0.2) is 15.0 Å². The summed E-state index contributed by atoms with van der Waals surface area (Å²) in [5, 5.41) is 9.54. The minimum atomic E-state index is 0.660. The van der Waals surface area contributed by atoms with Crippen LogP contribution in [0.25, 0.3) is 110 Å². The van der Waals surface area contributed by atoms with Crippen molar-refractivity contribution in [3.05, 3.63) is 213 Å². The number of hydrogen-bond donors (Lipinski definition) is 0. The number of pyridine rings is 1. The maximum Gasteiger partial charge on any atom is 0.160 e. The molecular formula is C55H33N3. The van der Waals surface area contributed by atoms with E-state index in [0.717, 1.165) is 66.7 Å². The van der Waals surface area contributed by atoms with E-state index in [1.165, 1.54) is 37.9 Å². The van der Waals surface area contributed by atoms with Crippen LogP contribution in [0.15, 0.2) is 200 Å². The first-order valence-corrected chi connectivity index (χ1v) is 19.5. The molecule has 0 saturated carbocycles. The van der Waals surface area contributed by atoms with Crippen molar-refractivity contribution in [3.8, 4) is 67.3 Å². The van der Waals surface area contributed by atoms with E-state index in [-0.39, 0.29) is 0 Å². The van der Waals surface area contributed by atoms with Gasteiger partial charge >= 0.3 is 0 Å². The highest BCUT2D eigenvalue weighted by Gasteiger charge is 2.16. The third-order valence-corrected chi connectivity index (χ3v) is 11.2. The molecule has 11 rings (SSSR count). The van der Waals surface area contributed by atoms with E-state index in [9.17, 15) is 0 Å². The first-order chi connectivity index (χ1) is 28.7. The van der Waals surface area contributed by atoms with E-state index in [1.54, 1.807) is 6.20 Å². The summed E-state index contributed by atoms with van der Waals surface area (Å²) in [6.45, 7) is 0. The summed E-state index contributed by atoms with van der Waals surface area (Å²) in [5.74, 6) is 0.660. The molecule has 0 bridgehead atoms. The average molecular weight is 736 g/mol. The molecule has 0 saturated heterocycles. The molecule has 0 aliphatic carbocycles. The van der Waals surface area contributed by atoms with Gasteiger partial charge in [-0.25, -0.2) is 9.97 Å². The summed E-state index contributed by atoms with van der Waals surface area (Å²) in [7, 11) is 0. The van der Waals surface area contributed by atoms with Crippen LogP contribution in [0.5, 0.6) is 0 Å². The molecule has 0 spiro atoms. The maximum atomic E-state index is 5.33. The van der Waals surface area contributed by atoms with Gasteiger partial charge in [-0.05, 0) is 120 Å². The van der Waals surface area contributed by atoms with E-state index < -0.39 is 0 Å². The molecule has 0 atom stereocenters. The summed E-state index contributed by atoms with van der Waals surface area (Å²) >= 11 is 0. The van der Waals surface area contributed by atoms with E-state index in [2.05, 4.69) is 193 Å². The van der Waals surface area contributed by atoms with Gasteiger partial charge in [0.1, 0.15) is 0 Å². The molecule has 0 aliphatic heterocycles. The van der Waals surface area contributed by atoms with Gasteiger partial charge in [0, 0.05) is 34.5 Å². The Morgan fingerprint density at radius 1 is 0.362 bits per heavy atom.